The van der Waals surface area contributed by atoms with E-state index in [1.54, 1.807) is 0 Å². The monoisotopic (exact) mass is 289 g/mol. The average molecular weight is 289 g/mol. The van der Waals surface area contributed by atoms with Crippen molar-refractivity contribution in [3.8, 4) is 0 Å². The second-order valence-electron chi connectivity index (χ2n) is 6.06. The third-order valence-electron chi connectivity index (χ3n) is 4.45. The summed E-state index contributed by atoms with van der Waals surface area (Å²) >= 11 is 0. The van der Waals surface area contributed by atoms with E-state index in [0.717, 1.165) is 19.6 Å². The first-order valence-corrected chi connectivity index (χ1v) is 8.54. The van der Waals surface area contributed by atoms with Crippen molar-refractivity contribution in [2.24, 2.45) is 0 Å². The topological polar surface area (TPSA) is 18.5 Å². The molecule has 1 aliphatic rings. The van der Waals surface area contributed by atoms with Gasteiger partial charge in [-0.05, 0) is 24.9 Å². The second-order valence-corrected chi connectivity index (χ2v) is 6.06. The number of rotatable bonds is 8. The third-order valence-corrected chi connectivity index (χ3v) is 4.45. The molecule has 1 atom stereocenters. The summed E-state index contributed by atoms with van der Waals surface area (Å²) in [5.41, 5.74) is 1.43. The van der Waals surface area contributed by atoms with Gasteiger partial charge in [-0.1, -0.05) is 44.2 Å². The van der Waals surface area contributed by atoms with E-state index in [4.69, 9.17) is 0 Å². The normalized spacial score (nSPS) is 18.8. The quantitative estimate of drug-likeness (QED) is 0.742. The van der Waals surface area contributed by atoms with Crippen LogP contribution in [0.4, 0.5) is 0 Å². The van der Waals surface area contributed by atoms with Gasteiger partial charge in [0.25, 0.3) is 0 Å². The van der Waals surface area contributed by atoms with Crippen molar-refractivity contribution in [2.45, 2.75) is 39.3 Å². The highest BCUT2D eigenvalue weighted by atomic mass is 15.3. The number of nitrogens with one attached hydrogen (secondary N) is 1. The summed E-state index contributed by atoms with van der Waals surface area (Å²) in [6.07, 6.45) is 2.47. The molecule has 1 aromatic rings. The van der Waals surface area contributed by atoms with Crippen molar-refractivity contribution < 1.29 is 0 Å². The molecule has 2 rings (SSSR count). The molecule has 1 fully saturated rings. The van der Waals surface area contributed by atoms with Gasteiger partial charge in [-0.15, -0.1) is 0 Å². The van der Waals surface area contributed by atoms with E-state index in [-0.39, 0.29) is 0 Å². The zero-order valence-corrected chi connectivity index (χ0v) is 13.7. The van der Waals surface area contributed by atoms with Crippen molar-refractivity contribution in [2.75, 3.05) is 39.3 Å². The van der Waals surface area contributed by atoms with Crippen LogP contribution in [-0.2, 0) is 6.54 Å². The van der Waals surface area contributed by atoms with Gasteiger partial charge in [0.05, 0.1) is 0 Å². The number of hydrogen-bond donors (Lipinski definition) is 1. The maximum absolute atomic E-state index is 3.58. The van der Waals surface area contributed by atoms with E-state index < -0.39 is 0 Å². The van der Waals surface area contributed by atoms with E-state index in [9.17, 15) is 0 Å². The Balaban J connectivity index is 1.74. The Hall–Kier alpha value is -0.900. The summed E-state index contributed by atoms with van der Waals surface area (Å²) in [7, 11) is 0. The van der Waals surface area contributed by atoms with Crippen molar-refractivity contribution in [1.29, 1.82) is 0 Å². The lowest BCUT2D eigenvalue weighted by atomic mass is 10.1. The van der Waals surface area contributed by atoms with Crippen molar-refractivity contribution >= 4 is 0 Å². The molecule has 1 aromatic carbocycles. The van der Waals surface area contributed by atoms with Gasteiger partial charge >= 0.3 is 0 Å². The summed E-state index contributed by atoms with van der Waals surface area (Å²) in [5.74, 6) is 0. The third kappa shape index (κ3) is 5.42. The van der Waals surface area contributed by atoms with Crippen LogP contribution in [0.5, 0.6) is 0 Å². The summed E-state index contributed by atoms with van der Waals surface area (Å²) in [6.45, 7) is 12.7. The molecule has 0 saturated carbocycles. The molecule has 118 valence electrons. The van der Waals surface area contributed by atoms with Gasteiger partial charge in [0, 0.05) is 45.3 Å². The van der Waals surface area contributed by atoms with Crippen molar-refractivity contribution in [3.05, 3.63) is 35.9 Å². The molecule has 1 heterocycles. The zero-order chi connectivity index (χ0) is 14.9. The molecule has 1 unspecified atom stereocenters. The molecule has 1 saturated heterocycles. The molecule has 0 spiro atoms. The van der Waals surface area contributed by atoms with Crippen molar-refractivity contribution in [1.82, 2.24) is 15.1 Å². The van der Waals surface area contributed by atoms with Gasteiger partial charge in [-0.2, -0.15) is 0 Å². The molecule has 3 heteroatoms. The fourth-order valence-corrected chi connectivity index (χ4v) is 3.11. The Morgan fingerprint density at radius 3 is 2.38 bits per heavy atom. The maximum Gasteiger partial charge on any atom is 0.0234 e. The van der Waals surface area contributed by atoms with Crippen LogP contribution in [0.15, 0.2) is 30.3 Å². The van der Waals surface area contributed by atoms with Crippen LogP contribution >= 0.6 is 0 Å². The molecule has 1 N–H and O–H groups in total. The predicted octanol–water partition coefficient (Wildman–Crippen LogP) is 2.58. The highest BCUT2D eigenvalue weighted by molar-refractivity contribution is 5.14. The first-order valence-electron chi connectivity index (χ1n) is 8.54. The maximum atomic E-state index is 3.58. The standard InChI is InChI=1S/C18H31N3/c1-3-10-19-15-18(4-2)21-13-11-20(12-14-21)16-17-8-6-5-7-9-17/h5-9,18-19H,3-4,10-16H2,1-2H3. The fourth-order valence-electron chi connectivity index (χ4n) is 3.11. The minimum Gasteiger partial charge on any atom is -0.315 e. The lowest BCUT2D eigenvalue weighted by Gasteiger charge is -2.39. The molecule has 0 radical (unpaired) electrons. The van der Waals surface area contributed by atoms with E-state index in [1.807, 2.05) is 0 Å². The summed E-state index contributed by atoms with van der Waals surface area (Å²) in [6, 6.07) is 11.5. The van der Waals surface area contributed by atoms with Crippen LogP contribution in [0.3, 0.4) is 0 Å². The van der Waals surface area contributed by atoms with Gasteiger partial charge in [-0.3, -0.25) is 9.80 Å². The Morgan fingerprint density at radius 2 is 1.76 bits per heavy atom. The molecule has 3 nitrogen and oxygen atoms in total. The first-order chi connectivity index (χ1) is 10.3. The molecule has 0 bridgehead atoms. The van der Waals surface area contributed by atoms with Gasteiger partial charge in [0.2, 0.25) is 0 Å². The predicted molar refractivity (Wildman–Crippen MR) is 90.5 cm³/mol. The number of benzene rings is 1. The van der Waals surface area contributed by atoms with Gasteiger partial charge in [0.15, 0.2) is 0 Å². The molecule has 0 aliphatic carbocycles. The van der Waals surface area contributed by atoms with Gasteiger partial charge in [-0.25, -0.2) is 0 Å². The Labute approximate surface area is 130 Å². The molecule has 21 heavy (non-hydrogen) atoms. The zero-order valence-electron chi connectivity index (χ0n) is 13.7. The number of hydrogen-bond acceptors (Lipinski definition) is 3. The molecular formula is C18H31N3. The summed E-state index contributed by atoms with van der Waals surface area (Å²) in [5, 5.41) is 3.58. The first kappa shape index (κ1) is 16.5. The highest BCUT2D eigenvalue weighted by Gasteiger charge is 2.22. The molecular weight excluding hydrogens is 258 g/mol. The van der Waals surface area contributed by atoms with Crippen LogP contribution in [0.1, 0.15) is 32.3 Å². The summed E-state index contributed by atoms with van der Waals surface area (Å²) < 4.78 is 0. The van der Waals surface area contributed by atoms with E-state index in [0.29, 0.717) is 6.04 Å². The number of piperazine rings is 1. The summed E-state index contributed by atoms with van der Waals surface area (Å²) in [4.78, 5) is 5.25. The number of nitrogens with zero attached hydrogens (tertiary/aromatic N) is 2. The lowest BCUT2D eigenvalue weighted by molar-refractivity contribution is 0.0893. The average Bonchev–Trinajstić information content (AvgIpc) is 2.54. The van der Waals surface area contributed by atoms with Crippen LogP contribution in [0, 0.1) is 0 Å². The minimum atomic E-state index is 0.704. The van der Waals surface area contributed by atoms with Crippen LogP contribution < -0.4 is 5.32 Å². The van der Waals surface area contributed by atoms with E-state index in [2.05, 4.69) is 59.3 Å². The van der Waals surface area contributed by atoms with E-state index in [1.165, 1.54) is 44.6 Å². The Morgan fingerprint density at radius 1 is 1.05 bits per heavy atom. The molecule has 1 aliphatic heterocycles. The van der Waals surface area contributed by atoms with Crippen molar-refractivity contribution in [3.63, 3.8) is 0 Å². The Kier molecular flexibility index (Phi) is 7.20. The minimum absolute atomic E-state index is 0.704. The van der Waals surface area contributed by atoms with Crippen LogP contribution in [-0.4, -0.2) is 55.1 Å². The largest absolute Gasteiger partial charge is 0.315 e. The van der Waals surface area contributed by atoms with E-state index >= 15 is 0 Å². The van der Waals surface area contributed by atoms with Crippen LogP contribution in [0.2, 0.25) is 0 Å². The second kappa shape index (κ2) is 9.19. The van der Waals surface area contributed by atoms with Crippen LogP contribution in [0.25, 0.3) is 0 Å². The fraction of sp³-hybridized carbons (Fsp3) is 0.667. The Bertz CT molecular complexity index is 371. The highest BCUT2D eigenvalue weighted by Crippen LogP contribution is 2.12. The lowest BCUT2D eigenvalue weighted by Crippen LogP contribution is -2.52. The molecule has 0 aromatic heterocycles. The SMILES string of the molecule is CCCNCC(CC)N1CCN(Cc2ccccc2)CC1. The smallest absolute Gasteiger partial charge is 0.0234 e. The van der Waals surface area contributed by atoms with Gasteiger partial charge < -0.3 is 5.32 Å². The molecule has 0 amide bonds. The van der Waals surface area contributed by atoms with Gasteiger partial charge in [0.1, 0.15) is 0 Å².